The van der Waals surface area contributed by atoms with Crippen LogP contribution in [0.15, 0.2) is 29.4 Å². The van der Waals surface area contributed by atoms with Crippen LogP contribution < -0.4 is 0 Å². The molecule has 1 aromatic carbocycles. The van der Waals surface area contributed by atoms with E-state index in [1.54, 1.807) is 24.5 Å². The first kappa shape index (κ1) is 15.4. The number of imidazole rings is 1. The van der Waals surface area contributed by atoms with Crippen LogP contribution in [-0.4, -0.2) is 72.0 Å². The van der Waals surface area contributed by atoms with Crippen LogP contribution in [0, 0.1) is 0 Å². The number of hydrogen-bond acceptors (Lipinski definition) is 5. The van der Waals surface area contributed by atoms with E-state index in [1.807, 2.05) is 7.05 Å². The van der Waals surface area contributed by atoms with Gasteiger partial charge in [-0.2, -0.15) is 4.31 Å². The molecule has 8 heteroatoms. The van der Waals surface area contributed by atoms with Crippen molar-refractivity contribution in [3.63, 3.8) is 0 Å². The molecule has 1 saturated heterocycles. The van der Waals surface area contributed by atoms with Crippen LogP contribution in [0.25, 0.3) is 11.0 Å². The molecule has 1 aliphatic heterocycles. The molecule has 0 amide bonds. The average molecular weight is 324 g/mol. The molecule has 1 atom stereocenters. The normalized spacial score (nSPS) is 21.5. The van der Waals surface area contributed by atoms with Crippen molar-refractivity contribution in [3.8, 4) is 0 Å². The first-order chi connectivity index (χ1) is 10.5. The van der Waals surface area contributed by atoms with E-state index in [9.17, 15) is 8.42 Å². The van der Waals surface area contributed by atoms with Crippen LogP contribution in [0.3, 0.4) is 0 Å². The van der Waals surface area contributed by atoms with E-state index >= 15 is 0 Å². The maximum Gasteiger partial charge on any atom is 0.243 e. The Bertz CT molecular complexity index is 758. The Morgan fingerprint density at radius 3 is 3.00 bits per heavy atom. The van der Waals surface area contributed by atoms with Crippen molar-refractivity contribution in [1.82, 2.24) is 19.2 Å². The molecule has 0 radical (unpaired) electrons. The molecule has 1 aliphatic rings. The summed E-state index contributed by atoms with van der Waals surface area (Å²) in [6.07, 6.45) is 2.12. The molecule has 0 saturated carbocycles. The largest absolute Gasteiger partial charge is 0.396 e. The van der Waals surface area contributed by atoms with Gasteiger partial charge in [-0.1, -0.05) is 0 Å². The number of likely N-dealkylation sites (N-methyl/N-ethyl adjacent to an activating group) is 1. The Morgan fingerprint density at radius 1 is 1.41 bits per heavy atom. The van der Waals surface area contributed by atoms with Crippen molar-refractivity contribution in [2.24, 2.45) is 0 Å². The van der Waals surface area contributed by atoms with E-state index in [4.69, 9.17) is 5.11 Å². The third kappa shape index (κ3) is 2.74. The lowest BCUT2D eigenvalue weighted by atomic mass is 10.1. The molecule has 0 spiro atoms. The zero-order valence-electron chi connectivity index (χ0n) is 12.4. The average Bonchev–Trinajstić information content (AvgIpc) is 2.97. The number of nitrogens with zero attached hydrogens (tertiary/aromatic N) is 3. The van der Waals surface area contributed by atoms with Gasteiger partial charge in [-0.15, -0.1) is 0 Å². The topological polar surface area (TPSA) is 89.5 Å². The van der Waals surface area contributed by atoms with Gasteiger partial charge in [-0.3, -0.25) is 0 Å². The lowest BCUT2D eigenvalue weighted by Gasteiger charge is -2.38. The molecule has 7 nitrogen and oxygen atoms in total. The predicted octanol–water partition coefficient (Wildman–Crippen LogP) is 0.250. The van der Waals surface area contributed by atoms with Crippen molar-refractivity contribution >= 4 is 21.1 Å². The second kappa shape index (κ2) is 5.96. The molecule has 3 rings (SSSR count). The molecule has 2 N–H and O–H groups in total. The summed E-state index contributed by atoms with van der Waals surface area (Å²) in [4.78, 5) is 9.41. The summed E-state index contributed by atoms with van der Waals surface area (Å²) >= 11 is 0. The third-order valence-corrected chi connectivity index (χ3v) is 6.09. The number of piperazine rings is 1. The van der Waals surface area contributed by atoms with Gasteiger partial charge in [0.15, 0.2) is 0 Å². The van der Waals surface area contributed by atoms with Gasteiger partial charge >= 0.3 is 0 Å². The highest BCUT2D eigenvalue weighted by Crippen LogP contribution is 2.23. The van der Waals surface area contributed by atoms with Crippen LogP contribution in [0.5, 0.6) is 0 Å². The Morgan fingerprint density at radius 2 is 2.23 bits per heavy atom. The number of H-pyrrole nitrogens is 1. The van der Waals surface area contributed by atoms with Gasteiger partial charge in [0, 0.05) is 32.3 Å². The van der Waals surface area contributed by atoms with Gasteiger partial charge in [0.05, 0.1) is 22.3 Å². The molecule has 22 heavy (non-hydrogen) atoms. The third-order valence-electron chi connectivity index (χ3n) is 4.23. The van der Waals surface area contributed by atoms with Crippen LogP contribution in [-0.2, 0) is 10.0 Å². The van der Waals surface area contributed by atoms with Crippen molar-refractivity contribution in [2.75, 3.05) is 33.3 Å². The van der Waals surface area contributed by atoms with E-state index in [-0.39, 0.29) is 17.5 Å². The van der Waals surface area contributed by atoms with Gasteiger partial charge < -0.3 is 15.0 Å². The van der Waals surface area contributed by atoms with E-state index in [1.165, 1.54) is 4.31 Å². The van der Waals surface area contributed by atoms with E-state index in [2.05, 4.69) is 14.9 Å². The zero-order chi connectivity index (χ0) is 15.7. The molecular formula is C14H20N4O3S. The highest BCUT2D eigenvalue weighted by molar-refractivity contribution is 7.89. The zero-order valence-corrected chi connectivity index (χ0v) is 13.3. The fraction of sp³-hybridized carbons (Fsp3) is 0.500. The van der Waals surface area contributed by atoms with Crippen molar-refractivity contribution in [1.29, 1.82) is 0 Å². The minimum atomic E-state index is -3.53. The number of aromatic nitrogens is 2. The molecule has 120 valence electrons. The van der Waals surface area contributed by atoms with E-state index < -0.39 is 10.0 Å². The number of benzene rings is 1. The monoisotopic (exact) mass is 324 g/mol. The Balaban J connectivity index is 1.88. The lowest BCUT2D eigenvalue weighted by Crippen LogP contribution is -2.53. The number of rotatable bonds is 4. The van der Waals surface area contributed by atoms with Crippen LogP contribution in [0.2, 0.25) is 0 Å². The number of aliphatic hydroxyl groups is 1. The maximum atomic E-state index is 12.8. The van der Waals surface area contributed by atoms with E-state index in [0.29, 0.717) is 31.6 Å². The summed E-state index contributed by atoms with van der Waals surface area (Å²) < 4.78 is 27.1. The number of hydrogen-bond donors (Lipinski definition) is 2. The number of sulfonamides is 1. The number of aliphatic hydroxyl groups excluding tert-OH is 1. The highest BCUT2D eigenvalue weighted by Gasteiger charge is 2.32. The van der Waals surface area contributed by atoms with Gasteiger partial charge in [0.25, 0.3) is 0 Å². The number of aromatic amines is 1. The standard InChI is InChI=1S/C14H20N4O3S/c1-17-5-6-18(9-11(17)4-7-19)22(20,21)12-2-3-13-14(8-12)16-10-15-13/h2-3,8,10-11,19H,4-7,9H2,1H3,(H,15,16)/t11-/m0/s1. The minimum Gasteiger partial charge on any atom is -0.396 e. The quantitative estimate of drug-likeness (QED) is 0.841. The first-order valence-electron chi connectivity index (χ1n) is 7.27. The maximum absolute atomic E-state index is 12.8. The SMILES string of the molecule is CN1CCN(S(=O)(=O)c2ccc3nc[nH]c3c2)C[C@@H]1CCO. The predicted molar refractivity (Wildman–Crippen MR) is 83.0 cm³/mol. The molecule has 2 aromatic rings. The van der Waals surface area contributed by atoms with Crippen LogP contribution >= 0.6 is 0 Å². The van der Waals surface area contributed by atoms with Gasteiger partial charge in [-0.05, 0) is 31.7 Å². The smallest absolute Gasteiger partial charge is 0.243 e. The fourth-order valence-electron chi connectivity index (χ4n) is 2.82. The lowest BCUT2D eigenvalue weighted by molar-refractivity contribution is 0.120. The molecular weight excluding hydrogens is 304 g/mol. The van der Waals surface area contributed by atoms with Crippen LogP contribution in [0.1, 0.15) is 6.42 Å². The summed E-state index contributed by atoms with van der Waals surface area (Å²) in [7, 11) is -1.57. The van der Waals surface area contributed by atoms with Crippen molar-refractivity contribution in [3.05, 3.63) is 24.5 Å². The fourth-order valence-corrected chi connectivity index (χ4v) is 4.32. The van der Waals surface area contributed by atoms with Gasteiger partial charge in [0.2, 0.25) is 10.0 Å². The van der Waals surface area contributed by atoms with Crippen molar-refractivity contribution in [2.45, 2.75) is 17.4 Å². The first-order valence-corrected chi connectivity index (χ1v) is 8.71. The molecule has 1 fully saturated rings. The summed E-state index contributed by atoms with van der Waals surface area (Å²) in [5.41, 5.74) is 1.46. The second-order valence-corrected chi connectivity index (χ2v) is 7.53. The Hall–Kier alpha value is -1.48. The molecule has 0 bridgehead atoms. The summed E-state index contributed by atoms with van der Waals surface area (Å²) in [6.45, 7) is 1.58. The van der Waals surface area contributed by atoms with Gasteiger partial charge in [0.1, 0.15) is 0 Å². The summed E-state index contributed by atoms with van der Waals surface area (Å²) in [5.74, 6) is 0. The molecule has 1 aromatic heterocycles. The highest BCUT2D eigenvalue weighted by atomic mass is 32.2. The summed E-state index contributed by atoms with van der Waals surface area (Å²) in [5, 5.41) is 9.13. The van der Waals surface area contributed by atoms with Gasteiger partial charge in [-0.25, -0.2) is 13.4 Å². The Kier molecular flexibility index (Phi) is 4.18. The second-order valence-electron chi connectivity index (χ2n) is 5.59. The molecule has 0 aliphatic carbocycles. The van der Waals surface area contributed by atoms with E-state index in [0.717, 1.165) is 5.52 Å². The summed E-state index contributed by atoms with van der Waals surface area (Å²) in [6, 6.07) is 4.97. The van der Waals surface area contributed by atoms with Crippen molar-refractivity contribution < 1.29 is 13.5 Å². The molecule has 0 unspecified atom stereocenters. The minimum absolute atomic E-state index is 0.0458. The number of nitrogens with one attached hydrogen (secondary N) is 1. The Labute approximate surface area is 129 Å². The van der Waals surface area contributed by atoms with Crippen LogP contribution in [0.4, 0.5) is 0 Å². The number of fused-ring (bicyclic) bond motifs is 1. The molecule has 2 heterocycles.